The first-order valence-electron chi connectivity index (χ1n) is 7.02. The van der Waals surface area contributed by atoms with Crippen molar-refractivity contribution in [2.45, 2.75) is 25.8 Å². The number of carbonyl (C=O) groups excluding carboxylic acids is 1. The normalized spacial score (nSPS) is 18.1. The molecular formula is C15H21FN2O2. The molecule has 1 aliphatic heterocycles. The van der Waals surface area contributed by atoms with Crippen molar-refractivity contribution in [1.82, 2.24) is 10.2 Å². The van der Waals surface area contributed by atoms with Crippen LogP contribution in [-0.2, 0) is 0 Å². The van der Waals surface area contributed by atoms with Gasteiger partial charge < -0.3 is 15.0 Å². The highest BCUT2D eigenvalue weighted by Crippen LogP contribution is 2.19. The average molecular weight is 280 g/mol. The first-order chi connectivity index (χ1) is 9.65. The largest absolute Gasteiger partial charge is 0.494 e. The fraction of sp³-hybridized carbons (Fsp3) is 0.533. The highest BCUT2D eigenvalue weighted by molar-refractivity contribution is 5.94. The molecule has 1 aromatic rings. The van der Waals surface area contributed by atoms with Crippen LogP contribution in [0.4, 0.5) is 4.39 Å². The number of halogens is 1. The Morgan fingerprint density at radius 1 is 1.55 bits per heavy atom. The van der Waals surface area contributed by atoms with Crippen LogP contribution in [0.25, 0.3) is 0 Å². The molecule has 1 aromatic carbocycles. The summed E-state index contributed by atoms with van der Waals surface area (Å²) in [6.07, 6.45) is 2.25. The summed E-state index contributed by atoms with van der Waals surface area (Å²) in [5.41, 5.74) is 0.461. The van der Waals surface area contributed by atoms with Gasteiger partial charge in [-0.05, 0) is 44.5 Å². The Labute approximate surface area is 118 Å². The van der Waals surface area contributed by atoms with Gasteiger partial charge in [0.15, 0.2) is 11.6 Å². The van der Waals surface area contributed by atoms with Crippen molar-refractivity contribution in [1.29, 1.82) is 0 Å². The number of benzene rings is 1. The number of ether oxygens (including phenoxy) is 1. The Hall–Kier alpha value is -1.62. The van der Waals surface area contributed by atoms with Crippen LogP contribution in [0.2, 0.25) is 0 Å². The summed E-state index contributed by atoms with van der Waals surface area (Å²) in [7, 11) is 1.40. The van der Waals surface area contributed by atoms with Gasteiger partial charge in [0, 0.05) is 24.7 Å². The first-order valence-corrected chi connectivity index (χ1v) is 7.02. The molecule has 1 amide bonds. The number of hydrogen-bond donors (Lipinski definition) is 1. The summed E-state index contributed by atoms with van der Waals surface area (Å²) in [5.74, 6) is -0.435. The van der Waals surface area contributed by atoms with Gasteiger partial charge in [-0.2, -0.15) is 0 Å². The number of carbonyl (C=O) groups is 1. The minimum absolute atomic E-state index is 0.0838. The lowest BCUT2D eigenvalue weighted by Gasteiger charge is -2.24. The molecule has 0 bridgehead atoms. The molecule has 1 fully saturated rings. The number of hydrogen-bond acceptors (Lipinski definition) is 3. The zero-order valence-corrected chi connectivity index (χ0v) is 12.0. The lowest BCUT2D eigenvalue weighted by Crippen LogP contribution is -2.41. The number of rotatable bonds is 5. The maximum absolute atomic E-state index is 13.4. The van der Waals surface area contributed by atoms with Crippen molar-refractivity contribution >= 4 is 5.91 Å². The number of nitrogens with one attached hydrogen (secondary N) is 1. The van der Waals surface area contributed by atoms with E-state index >= 15 is 0 Å². The maximum Gasteiger partial charge on any atom is 0.254 e. The van der Waals surface area contributed by atoms with Crippen molar-refractivity contribution in [3.05, 3.63) is 29.6 Å². The summed E-state index contributed by atoms with van der Waals surface area (Å²) in [4.78, 5) is 14.3. The second kappa shape index (κ2) is 6.70. The van der Waals surface area contributed by atoms with E-state index < -0.39 is 5.82 Å². The monoisotopic (exact) mass is 280 g/mol. The molecule has 110 valence electrons. The van der Waals surface area contributed by atoms with Crippen LogP contribution in [-0.4, -0.2) is 43.6 Å². The van der Waals surface area contributed by atoms with Crippen LogP contribution < -0.4 is 10.1 Å². The van der Waals surface area contributed by atoms with E-state index in [2.05, 4.69) is 5.32 Å². The minimum atomic E-state index is -0.454. The van der Waals surface area contributed by atoms with Gasteiger partial charge in [0.25, 0.3) is 5.91 Å². The van der Waals surface area contributed by atoms with Gasteiger partial charge in [0.05, 0.1) is 7.11 Å². The summed E-state index contributed by atoms with van der Waals surface area (Å²) >= 11 is 0. The van der Waals surface area contributed by atoms with Crippen molar-refractivity contribution in [3.8, 4) is 5.75 Å². The standard InChI is InChI=1S/C15H21FN2O2/c1-3-18(10-12-5-4-8-17-12)15(19)11-6-7-13(16)14(9-11)20-2/h6-7,9,12,17H,3-5,8,10H2,1-2H3. The molecule has 4 nitrogen and oxygen atoms in total. The lowest BCUT2D eigenvalue weighted by molar-refractivity contribution is 0.0751. The molecule has 0 spiro atoms. The van der Waals surface area contributed by atoms with E-state index in [-0.39, 0.29) is 11.7 Å². The third-order valence-corrected chi connectivity index (χ3v) is 3.67. The molecule has 1 atom stereocenters. The maximum atomic E-state index is 13.4. The number of nitrogens with zero attached hydrogens (tertiary/aromatic N) is 1. The third-order valence-electron chi connectivity index (χ3n) is 3.67. The van der Waals surface area contributed by atoms with Gasteiger partial charge in [0.2, 0.25) is 0 Å². The van der Waals surface area contributed by atoms with Crippen LogP contribution in [0.15, 0.2) is 18.2 Å². The SMILES string of the molecule is CCN(CC1CCCN1)C(=O)c1ccc(F)c(OC)c1. The zero-order valence-electron chi connectivity index (χ0n) is 12.0. The predicted molar refractivity (Wildman–Crippen MR) is 75.6 cm³/mol. The van der Waals surface area contributed by atoms with Gasteiger partial charge in [-0.25, -0.2) is 4.39 Å². The summed E-state index contributed by atoms with van der Waals surface area (Å²) in [6.45, 7) is 4.29. The van der Waals surface area contributed by atoms with Crippen molar-refractivity contribution < 1.29 is 13.9 Å². The average Bonchev–Trinajstić information content (AvgIpc) is 2.97. The van der Waals surface area contributed by atoms with Gasteiger partial charge in [-0.3, -0.25) is 4.79 Å². The van der Waals surface area contributed by atoms with Crippen LogP contribution in [0.3, 0.4) is 0 Å². The van der Waals surface area contributed by atoms with Gasteiger partial charge in [-0.15, -0.1) is 0 Å². The number of methoxy groups -OCH3 is 1. The Kier molecular flexibility index (Phi) is 4.95. The van der Waals surface area contributed by atoms with Crippen molar-refractivity contribution in [3.63, 3.8) is 0 Å². The summed E-state index contributed by atoms with van der Waals surface area (Å²) in [6, 6.07) is 4.60. The smallest absolute Gasteiger partial charge is 0.254 e. The van der Waals surface area contributed by atoms with Gasteiger partial charge in [0.1, 0.15) is 0 Å². The van der Waals surface area contributed by atoms with Gasteiger partial charge in [-0.1, -0.05) is 0 Å². The molecule has 0 saturated carbocycles. The number of amides is 1. The van der Waals surface area contributed by atoms with Crippen LogP contribution >= 0.6 is 0 Å². The van der Waals surface area contributed by atoms with Crippen molar-refractivity contribution in [2.75, 3.05) is 26.7 Å². The van der Waals surface area contributed by atoms with E-state index in [4.69, 9.17) is 4.74 Å². The van der Waals surface area contributed by atoms with Gasteiger partial charge >= 0.3 is 0 Å². The lowest BCUT2D eigenvalue weighted by atomic mass is 10.1. The molecule has 1 heterocycles. The molecule has 1 unspecified atom stereocenters. The molecule has 1 saturated heterocycles. The Morgan fingerprint density at radius 3 is 2.95 bits per heavy atom. The fourth-order valence-electron chi connectivity index (χ4n) is 2.51. The topological polar surface area (TPSA) is 41.6 Å². The molecule has 1 N–H and O–H groups in total. The van der Waals surface area contributed by atoms with E-state index in [1.54, 1.807) is 4.90 Å². The Balaban J connectivity index is 2.10. The van der Waals surface area contributed by atoms with E-state index in [0.717, 1.165) is 19.4 Å². The Bertz CT molecular complexity index is 473. The van der Waals surface area contributed by atoms with E-state index in [0.29, 0.717) is 24.7 Å². The molecular weight excluding hydrogens is 259 g/mol. The van der Waals surface area contributed by atoms with Crippen LogP contribution in [0.1, 0.15) is 30.1 Å². The van der Waals surface area contributed by atoms with E-state index in [1.165, 1.54) is 25.3 Å². The molecule has 2 rings (SSSR count). The molecule has 5 heteroatoms. The highest BCUT2D eigenvalue weighted by Gasteiger charge is 2.22. The number of likely N-dealkylation sites (N-methyl/N-ethyl adjacent to an activating group) is 1. The molecule has 20 heavy (non-hydrogen) atoms. The fourth-order valence-corrected chi connectivity index (χ4v) is 2.51. The van der Waals surface area contributed by atoms with Crippen molar-refractivity contribution in [2.24, 2.45) is 0 Å². The second-order valence-electron chi connectivity index (χ2n) is 4.99. The summed E-state index contributed by atoms with van der Waals surface area (Å²) < 4.78 is 18.3. The first kappa shape index (κ1) is 14.8. The molecule has 1 aliphatic rings. The quantitative estimate of drug-likeness (QED) is 0.897. The zero-order chi connectivity index (χ0) is 14.5. The van der Waals surface area contributed by atoms with E-state index in [9.17, 15) is 9.18 Å². The Morgan fingerprint density at radius 2 is 2.35 bits per heavy atom. The second-order valence-corrected chi connectivity index (χ2v) is 4.99. The van der Waals surface area contributed by atoms with Crippen LogP contribution in [0, 0.1) is 5.82 Å². The highest BCUT2D eigenvalue weighted by atomic mass is 19.1. The van der Waals surface area contributed by atoms with Crippen LogP contribution in [0.5, 0.6) is 5.75 Å². The molecule has 0 aliphatic carbocycles. The van der Waals surface area contributed by atoms with E-state index in [1.807, 2.05) is 6.92 Å². The molecule has 0 aromatic heterocycles. The summed E-state index contributed by atoms with van der Waals surface area (Å²) in [5, 5.41) is 3.38. The minimum Gasteiger partial charge on any atom is -0.494 e. The third kappa shape index (κ3) is 3.28. The predicted octanol–water partition coefficient (Wildman–Crippen LogP) is 2.05. The molecule has 0 radical (unpaired) electrons.